The molecule has 4 nitrogen and oxygen atoms in total. The highest BCUT2D eigenvalue weighted by molar-refractivity contribution is 5.44. The summed E-state index contributed by atoms with van der Waals surface area (Å²) < 4.78 is 12.1. The quantitative estimate of drug-likeness (QED) is 0.841. The van der Waals surface area contributed by atoms with Crippen LogP contribution in [0.3, 0.4) is 0 Å². The Morgan fingerprint density at radius 1 is 0.826 bits per heavy atom. The van der Waals surface area contributed by atoms with Gasteiger partial charge in [0.1, 0.15) is 12.2 Å². The second-order valence-electron chi connectivity index (χ2n) is 5.95. The van der Waals surface area contributed by atoms with Crippen LogP contribution in [0.4, 0.5) is 0 Å². The summed E-state index contributed by atoms with van der Waals surface area (Å²) in [5.41, 5.74) is 2.67. The number of rotatable bonds is 2. The van der Waals surface area contributed by atoms with Crippen LogP contribution < -0.4 is 0 Å². The zero-order valence-electron chi connectivity index (χ0n) is 13.0. The topological polar surface area (TPSA) is 66.0 Å². The first-order valence-electron chi connectivity index (χ1n) is 7.38. The van der Waals surface area contributed by atoms with E-state index in [1.54, 1.807) is 18.2 Å². The molecule has 0 N–H and O–H groups in total. The van der Waals surface area contributed by atoms with Crippen molar-refractivity contribution in [1.82, 2.24) is 0 Å². The molecule has 0 amide bonds. The van der Waals surface area contributed by atoms with E-state index in [1.165, 1.54) is 0 Å². The molecule has 0 aliphatic carbocycles. The summed E-state index contributed by atoms with van der Waals surface area (Å²) in [5, 5.41) is 18.4. The third-order valence-corrected chi connectivity index (χ3v) is 3.77. The normalized spacial score (nSPS) is 22.3. The van der Waals surface area contributed by atoms with Gasteiger partial charge in [-0.3, -0.25) is 0 Å². The number of hydrogen-bond acceptors (Lipinski definition) is 4. The summed E-state index contributed by atoms with van der Waals surface area (Å²) in [6.45, 7) is 3.73. The second kappa shape index (κ2) is 5.85. The van der Waals surface area contributed by atoms with Crippen molar-refractivity contribution in [2.45, 2.75) is 31.8 Å². The summed E-state index contributed by atoms with van der Waals surface area (Å²) in [4.78, 5) is 0. The van der Waals surface area contributed by atoms with Crippen LogP contribution in [-0.4, -0.2) is 5.79 Å². The lowest BCUT2D eigenvalue weighted by molar-refractivity contribution is -0.147. The number of nitriles is 2. The Morgan fingerprint density at radius 3 is 1.87 bits per heavy atom. The fourth-order valence-electron chi connectivity index (χ4n) is 2.84. The lowest BCUT2D eigenvalue weighted by Gasteiger charge is -2.18. The molecule has 1 saturated heterocycles. The molecular formula is C19H16N2O2. The Kier molecular flexibility index (Phi) is 3.88. The van der Waals surface area contributed by atoms with Crippen LogP contribution >= 0.6 is 0 Å². The number of nitrogens with zero attached hydrogens (tertiary/aromatic N) is 2. The van der Waals surface area contributed by atoms with Gasteiger partial charge in [-0.2, -0.15) is 10.5 Å². The van der Waals surface area contributed by atoms with Crippen LogP contribution in [0.1, 0.15) is 48.3 Å². The minimum absolute atomic E-state index is 0.285. The summed E-state index contributed by atoms with van der Waals surface area (Å²) in [5.74, 6) is -0.735. The average molecular weight is 304 g/mol. The third kappa shape index (κ3) is 3.10. The highest BCUT2D eigenvalue weighted by Crippen LogP contribution is 2.47. The van der Waals surface area contributed by atoms with E-state index < -0.39 is 5.79 Å². The van der Waals surface area contributed by atoms with E-state index in [-0.39, 0.29) is 12.2 Å². The highest BCUT2D eigenvalue weighted by Gasteiger charge is 2.43. The van der Waals surface area contributed by atoms with Crippen molar-refractivity contribution < 1.29 is 9.47 Å². The van der Waals surface area contributed by atoms with E-state index in [1.807, 2.05) is 44.2 Å². The number of hydrogen-bond donors (Lipinski definition) is 0. The summed E-state index contributed by atoms with van der Waals surface area (Å²) in [7, 11) is 0. The maximum atomic E-state index is 9.18. The van der Waals surface area contributed by atoms with Gasteiger partial charge >= 0.3 is 0 Å². The van der Waals surface area contributed by atoms with Crippen molar-refractivity contribution in [2.24, 2.45) is 0 Å². The largest absolute Gasteiger partial charge is 0.339 e. The maximum Gasteiger partial charge on any atom is 0.164 e. The van der Waals surface area contributed by atoms with Crippen molar-refractivity contribution in [1.29, 1.82) is 10.5 Å². The van der Waals surface area contributed by atoms with Crippen LogP contribution in [0.5, 0.6) is 0 Å². The predicted octanol–water partition coefficient (Wildman–Crippen LogP) is 4.00. The molecule has 2 atom stereocenters. The lowest BCUT2D eigenvalue weighted by atomic mass is 9.96. The van der Waals surface area contributed by atoms with Gasteiger partial charge in [-0.25, -0.2) is 0 Å². The van der Waals surface area contributed by atoms with Crippen molar-refractivity contribution >= 4 is 0 Å². The van der Waals surface area contributed by atoms with E-state index in [9.17, 15) is 10.5 Å². The Bertz CT molecular complexity index is 768. The van der Waals surface area contributed by atoms with Gasteiger partial charge in [-0.1, -0.05) is 30.3 Å². The minimum Gasteiger partial charge on any atom is -0.339 e. The standard InChI is InChI=1S/C19H16N2O2/c1-19(2)22-17(15-6-4-3-5-7-15)18(23-19)16-9-13(11-20)8-14(10-16)12-21/h3-10,17-18H,1-2H3/t17-,18-/m1/s1. The van der Waals surface area contributed by atoms with Crippen molar-refractivity contribution in [3.8, 4) is 12.1 Å². The lowest BCUT2D eigenvalue weighted by Crippen LogP contribution is -2.20. The molecule has 0 saturated carbocycles. The van der Waals surface area contributed by atoms with Crippen molar-refractivity contribution in [2.75, 3.05) is 0 Å². The molecule has 1 aliphatic heterocycles. The van der Waals surface area contributed by atoms with Crippen LogP contribution in [-0.2, 0) is 9.47 Å². The maximum absolute atomic E-state index is 9.18. The molecule has 0 radical (unpaired) electrons. The predicted molar refractivity (Wildman–Crippen MR) is 84.0 cm³/mol. The fourth-order valence-corrected chi connectivity index (χ4v) is 2.84. The number of ether oxygens (including phenoxy) is 2. The average Bonchev–Trinajstić information content (AvgIpc) is 2.91. The first-order valence-corrected chi connectivity index (χ1v) is 7.38. The highest BCUT2D eigenvalue weighted by atomic mass is 16.7. The fraction of sp³-hybridized carbons (Fsp3) is 0.263. The zero-order chi connectivity index (χ0) is 16.4. The Hall–Kier alpha value is -2.66. The first kappa shape index (κ1) is 15.2. The van der Waals surface area contributed by atoms with E-state index in [4.69, 9.17) is 9.47 Å². The molecule has 23 heavy (non-hydrogen) atoms. The van der Waals surface area contributed by atoms with Crippen LogP contribution in [0, 0.1) is 22.7 Å². The van der Waals surface area contributed by atoms with Gasteiger partial charge in [0.05, 0.1) is 23.3 Å². The third-order valence-electron chi connectivity index (χ3n) is 3.77. The molecule has 1 fully saturated rings. The van der Waals surface area contributed by atoms with E-state index >= 15 is 0 Å². The molecule has 2 aromatic carbocycles. The molecular weight excluding hydrogens is 288 g/mol. The van der Waals surface area contributed by atoms with Crippen LogP contribution in [0.2, 0.25) is 0 Å². The summed E-state index contributed by atoms with van der Waals surface area (Å²) in [6, 6.07) is 19.1. The van der Waals surface area contributed by atoms with E-state index in [2.05, 4.69) is 12.1 Å². The minimum atomic E-state index is -0.735. The molecule has 114 valence electrons. The molecule has 1 heterocycles. The smallest absolute Gasteiger partial charge is 0.164 e. The van der Waals surface area contributed by atoms with Crippen molar-refractivity contribution in [3.63, 3.8) is 0 Å². The van der Waals surface area contributed by atoms with Crippen LogP contribution in [0.15, 0.2) is 48.5 Å². The molecule has 2 aromatic rings. The molecule has 0 spiro atoms. The summed E-state index contributed by atoms with van der Waals surface area (Å²) >= 11 is 0. The van der Waals surface area contributed by atoms with Crippen molar-refractivity contribution in [3.05, 3.63) is 70.8 Å². The van der Waals surface area contributed by atoms with Gasteiger partial charge in [0.25, 0.3) is 0 Å². The monoisotopic (exact) mass is 304 g/mol. The van der Waals surface area contributed by atoms with E-state index in [0.29, 0.717) is 11.1 Å². The molecule has 1 aliphatic rings. The van der Waals surface area contributed by atoms with Gasteiger partial charge in [-0.15, -0.1) is 0 Å². The molecule has 0 bridgehead atoms. The van der Waals surface area contributed by atoms with Gasteiger partial charge in [0.2, 0.25) is 0 Å². The molecule has 0 aromatic heterocycles. The Labute approximate surface area is 135 Å². The van der Waals surface area contributed by atoms with Gasteiger partial charge in [0.15, 0.2) is 5.79 Å². The molecule has 3 rings (SSSR count). The van der Waals surface area contributed by atoms with Gasteiger partial charge in [-0.05, 0) is 43.2 Å². The summed E-state index contributed by atoms with van der Waals surface area (Å²) in [6.07, 6.45) is -0.653. The Balaban J connectivity index is 2.06. The molecule has 0 unspecified atom stereocenters. The van der Waals surface area contributed by atoms with Gasteiger partial charge in [0, 0.05) is 0 Å². The second-order valence-corrected chi connectivity index (χ2v) is 5.95. The van der Waals surface area contributed by atoms with Crippen LogP contribution in [0.25, 0.3) is 0 Å². The van der Waals surface area contributed by atoms with E-state index in [0.717, 1.165) is 11.1 Å². The Morgan fingerprint density at radius 2 is 1.35 bits per heavy atom. The zero-order valence-corrected chi connectivity index (χ0v) is 13.0. The van der Waals surface area contributed by atoms with Gasteiger partial charge < -0.3 is 9.47 Å². The first-order chi connectivity index (χ1) is 11.0. The number of benzene rings is 2. The SMILES string of the molecule is CC1(C)O[C@H](c2ccccc2)[C@@H](c2cc(C#N)cc(C#N)c2)O1. The molecule has 4 heteroatoms.